The van der Waals surface area contributed by atoms with Crippen LogP contribution in [-0.4, -0.2) is 17.9 Å². The molecule has 0 aliphatic carbocycles. The third kappa shape index (κ3) is 5.82. The molecule has 0 aliphatic rings. The van der Waals surface area contributed by atoms with Gasteiger partial charge >= 0.3 is 0 Å². The topological polar surface area (TPSA) is 36.4 Å². The van der Waals surface area contributed by atoms with Crippen LogP contribution in [0.1, 0.15) is 19.4 Å². The van der Waals surface area contributed by atoms with Crippen molar-refractivity contribution in [3.63, 3.8) is 0 Å². The molecule has 1 aromatic rings. The second-order valence-corrected chi connectivity index (χ2v) is 3.94. The van der Waals surface area contributed by atoms with Crippen molar-refractivity contribution in [2.45, 2.75) is 13.8 Å². The molecule has 0 spiro atoms. The summed E-state index contributed by atoms with van der Waals surface area (Å²) in [6.07, 6.45) is 3.80. The number of hydrogen-bond acceptors (Lipinski definition) is 2. The Balaban J connectivity index is 2.49. The van der Waals surface area contributed by atoms with Crippen molar-refractivity contribution in [2.24, 2.45) is 5.10 Å². The summed E-state index contributed by atoms with van der Waals surface area (Å²) in [6, 6.07) is 10.1. The van der Waals surface area contributed by atoms with Gasteiger partial charge in [0.05, 0.1) is 6.21 Å². The van der Waals surface area contributed by atoms with Gasteiger partial charge in [-0.15, -0.1) is 0 Å². The van der Waals surface area contributed by atoms with E-state index in [0.717, 1.165) is 17.7 Å². The maximum absolute atomic E-state index is 4.98. The Morgan fingerprint density at radius 1 is 1.35 bits per heavy atom. The van der Waals surface area contributed by atoms with Crippen molar-refractivity contribution in [1.82, 2.24) is 10.7 Å². The van der Waals surface area contributed by atoms with Gasteiger partial charge in [0, 0.05) is 6.54 Å². The predicted octanol–water partition coefficient (Wildman–Crippen LogP) is 2.56. The first-order valence-corrected chi connectivity index (χ1v) is 5.93. The number of thiocarbonyl (C=S) groups is 1. The van der Waals surface area contributed by atoms with Crippen molar-refractivity contribution in [3.05, 3.63) is 41.5 Å². The zero-order valence-corrected chi connectivity index (χ0v) is 10.9. The molecule has 0 bridgehead atoms. The van der Waals surface area contributed by atoms with Crippen molar-refractivity contribution in [3.8, 4) is 0 Å². The molecule has 1 rings (SSSR count). The lowest BCUT2D eigenvalue weighted by Gasteiger charge is -2.02. The number of hydrogen-bond donors (Lipinski definition) is 2. The molecule has 0 unspecified atom stereocenters. The van der Waals surface area contributed by atoms with Crippen molar-refractivity contribution < 1.29 is 0 Å². The Labute approximate surface area is 108 Å². The van der Waals surface area contributed by atoms with E-state index in [1.807, 2.05) is 44.2 Å². The van der Waals surface area contributed by atoms with E-state index >= 15 is 0 Å². The maximum atomic E-state index is 4.98. The normalized spacial score (nSPS) is 11.5. The van der Waals surface area contributed by atoms with Crippen LogP contribution in [0.2, 0.25) is 0 Å². The van der Waals surface area contributed by atoms with Crippen LogP contribution in [0.5, 0.6) is 0 Å². The SMILES string of the molecule is CCNC(=S)N/N=C\C(C)=C\c1ccccc1. The summed E-state index contributed by atoms with van der Waals surface area (Å²) < 4.78 is 0. The first-order valence-electron chi connectivity index (χ1n) is 5.52. The minimum absolute atomic E-state index is 0.538. The van der Waals surface area contributed by atoms with Crippen LogP contribution in [-0.2, 0) is 0 Å². The Morgan fingerprint density at radius 3 is 2.71 bits per heavy atom. The lowest BCUT2D eigenvalue weighted by atomic mass is 10.1. The highest BCUT2D eigenvalue weighted by molar-refractivity contribution is 7.80. The largest absolute Gasteiger partial charge is 0.362 e. The highest BCUT2D eigenvalue weighted by atomic mass is 32.1. The molecular weight excluding hydrogens is 230 g/mol. The quantitative estimate of drug-likeness (QED) is 0.488. The molecule has 0 saturated heterocycles. The molecule has 0 aliphatic heterocycles. The van der Waals surface area contributed by atoms with Crippen LogP contribution in [0.25, 0.3) is 6.08 Å². The molecule has 4 heteroatoms. The second kappa shape index (κ2) is 7.57. The molecule has 0 amide bonds. The Kier molecular flexibility index (Phi) is 5.96. The average molecular weight is 247 g/mol. The highest BCUT2D eigenvalue weighted by Crippen LogP contribution is 2.04. The van der Waals surface area contributed by atoms with Crippen molar-refractivity contribution in [2.75, 3.05) is 6.54 Å². The Hall–Kier alpha value is -1.68. The third-order valence-electron chi connectivity index (χ3n) is 1.97. The van der Waals surface area contributed by atoms with E-state index in [2.05, 4.69) is 21.9 Å². The summed E-state index contributed by atoms with van der Waals surface area (Å²) in [7, 11) is 0. The maximum Gasteiger partial charge on any atom is 0.186 e. The minimum Gasteiger partial charge on any atom is -0.362 e. The molecular formula is C13H17N3S. The van der Waals surface area contributed by atoms with Gasteiger partial charge in [-0.3, -0.25) is 5.43 Å². The predicted molar refractivity (Wildman–Crippen MR) is 78.0 cm³/mol. The molecule has 0 atom stereocenters. The van der Waals surface area contributed by atoms with Crippen LogP contribution in [0.3, 0.4) is 0 Å². The number of allylic oxidation sites excluding steroid dienone is 1. The fourth-order valence-corrected chi connectivity index (χ4v) is 1.44. The van der Waals surface area contributed by atoms with Crippen LogP contribution in [0.15, 0.2) is 41.0 Å². The van der Waals surface area contributed by atoms with Gasteiger partial charge in [0.25, 0.3) is 0 Å². The summed E-state index contributed by atoms with van der Waals surface area (Å²) in [4.78, 5) is 0. The van der Waals surface area contributed by atoms with E-state index in [4.69, 9.17) is 12.2 Å². The van der Waals surface area contributed by atoms with E-state index in [1.54, 1.807) is 6.21 Å². The number of benzene rings is 1. The number of hydrazone groups is 1. The zero-order valence-electron chi connectivity index (χ0n) is 10.1. The van der Waals surface area contributed by atoms with Gasteiger partial charge in [-0.1, -0.05) is 36.4 Å². The number of rotatable bonds is 4. The van der Waals surface area contributed by atoms with Gasteiger partial charge in [-0.2, -0.15) is 5.10 Å². The highest BCUT2D eigenvalue weighted by Gasteiger charge is 1.89. The fraction of sp³-hybridized carbons (Fsp3) is 0.231. The lowest BCUT2D eigenvalue weighted by Crippen LogP contribution is -2.31. The van der Waals surface area contributed by atoms with Crippen LogP contribution >= 0.6 is 12.2 Å². The lowest BCUT2D eigenvalue weighted by molar-refractivity contribution is 0.904. The first kappa shape index (κ1) is 13.4. The molecule has 1 aromatic carbocycles. The summed E-state index contributed by atoms with van der Waals surface area (Å²) in [5.41, 5.74) is 4.97. The summed E-state index contributed by atoms with van der Waals surface area (Å²) in [5, 5.41) is 7.53. The third-order valence-corrected chi connectivity index (χ3v) is 2.20. The molecule has 0 heterocycles. The molecule has 17 heavy (non-hydrogen) atoms. The molecule has 2 N–H and O–H groups in total. The summed E-state index contributed by atoms with van der Waals surface area (Å²) in [5.74, 6) is 0. The van der Waals surface area contributed by atoms with E-state index in [0.29, 0.717) is 5.11 Å². The van der Waals surface area contributed by atoms with Crippen molar-refractivity contribution >= 4 is 29.6 Å². The van der Waals surface area contributed by atoms with Crippen molar-refractivity contribution in [1.29, 1.82) is 0 Å². The smallest absolute Gasteiger partial charge is 0.186 e. The summed E-state index contributed by atoms with van der Waals surface area (Å²) in [6.45, 7) is 4.77. The van der Waals surface area contributed by atoms with Gasteiger partial charge in [0.15, 0.2) is 5.11 Å². The summed E-state index contributed by atoms with van der Waals surface area (Å²) >= 11 is 4.98. The van der Waals surface area contributed by atoms with Crippen LogP contribution in [0, 0.1) is 0 Å². The number of nitrogens with zero attached hydrogens (tertiary/aromatic N) is 1. The zero-order chi connectivity index (χ0) is 12.5. The minimum atomic E-state index is 0.538. The van der Waals surface area contributed by atoms with Gasteiger partial charge in [0.1, 0.15) is 0 Å². The number of nitrogens with one attached hydrogen (secondary N) is 2. The first-order chi connectivity index (χ1) is 8.22. The fourth-order valence-electron chi connectivity index (χ4n) is 1.24. The van der Waals surface area contributed by atoms with E-state index in [1.165, 1.54) is 0 Å². The van der Waals surface area contributed by atoms with Crippen LogP contribution in [0.4, 0.5) is 0 Å². The molecule has 0 radical (unpaired) electrons. The van der Waals surface area contributed by atoms with Gasteiger partial charge in [0.2, 0.25) is 0 Å². The molecule has 0 fully saturated rings. The van der Waals surface area contributed by atoms with Gasteiger partial charge in [-0.25, -0.2) is 0 Å². The van der Waals surface area contributed by atoms with Gasteiger partial charge < -0.3 is 5.32 Å². The van der Waals surface area contributed by atoms with E-state index < -0.39 is 0 Å². The van der Waals surface area contributed by atoms with E-state index in [-0.39, 0.29) is 0 Å². The molecule has 0 aromatic heterocycles. The Bertz CT molecular complexity index is 410. The molecule has 90 valence electrons. The molecule has 3 nitrogen and oxygen atoms in total. The monoisotopic (exact) mass is 247 g/mol. The van der Waals surface area contributed by atoms with Gasteiger partial charge in [-0.05, 0) is 37.2 Å². The second-order valence-electron chi connectivity index (χ2n) is 3.53. The van der Waals surface area contributed by atoms with Crippen LogP contribution < -0.4 is 10.7 Å². The average Bonchev–Trinajstić information content (AvgIpc) is 2.30. The Morgan fingerprint density at radius 2 is 2.06 bits per heavy atom. The molecule has 0 saturated carbocycles. The standard InChI is InChI=1S/C13H17N3S/c1-3-14-13(17)16-15-10-11(2)9-12-7-5-4-6-8-12/h4-10H,3H2,1-2H3,(H2,14,16,17)/b11-9+,15-10-. The van der Waals surface area contributed by atoms with E-state index in [9.17, 15) is 0 Å².